The van der Waals surface area contributed by atoms with E-state index in [-0.39, 0.29) is 11.9 Å². The lowest BCUT2D eigenvalue weighted by atomic mass is 9.94. The molecule has 1 heterocycles. The third kappa shape index (κ3) is 1.80. The molecule has 1 aliphatic rings. The maximum atomic E-state index is 12.0. The summed E-state index contributed by atoms with van der Waals surface area (Å²) in [5, 5.41) is 3.15. The van der Waals surface area contributed by atoms with E-state index in [0.29, 0.717) is 12.2 Å². The van der Waals surface area contributed by atoms with Crippen LogP contribution < -0.4 is 19.7 Å². The molecule has 0 saturated heterocycles. The number of amides is 1. The number of nitrogens with zero attached hydrogens (tertiary/aromatic N) is 1. The second kappa shape index (κ2) is 4.86. The molecular weight excluding hydrogens is 232 g/mol. The minimum atomic E-state index is -0.0475. The monoisotopic (exact) mass is 250 g/mol. The highest BCUT2D eigenvalue weighted by Gasteiger charge is 2.33. The van der Waals surface area contributed by atoms with Crippen molar-refractivity contribution >= 4 is 11.6 Å². The first-order valence-electron chi connectivity index (χ1n) is 5.82. The van der Waals surface area contributed by atoms with Crippen LogP contribution in [0.3, 0.4) is 0 Å². The van der Waals surface area contributed by atoms with Crippen molar-refractivity contribution in [2.24, 2.45) is 0 Å². The molecule has 5 nitrogen and oxygen atoms in total. The molecule has 0 radical (unpaired) electrons. The molecule has 1 amide bonds. The standard InChI is InChI=1S/C13H18N2O3/c1-14-8-7-11(16)15(2)13-10(18-4)6-5-9(17-3)12(8)13/h5-6,8,14H,7H2,1-4H3. The van der Waals surface area contributed by atoms with Crippen molar-refractivity contribution < 1.29 is 14.3 Å². The van der Waals surface area contributed by atoms with Crippen molar-refractivity contribution in [1.29, 1.82) is 0 Å². The SMILES string of the molecule is CNC1CC(=O)N(C)c2c(OC)ccc(OC)c21. The smallest absolute Gasteiger partial charge is 0.228 e. The Bertz CT molecular complexity index is 474. The number of methoxy groups -OCH3 is 2. The highest BCUT2D eigenvalue weighted by atomic mass is 16.5. The van der Waals surface area contributed by atoms with Crippen LogP contribution in [0.1, 0.15) is 18.0 Å². The van der Waals surface area contributed by atoms with Crippen LogP contribution in [0.15, 0.2) is 12.1 Å². The fourth-order valence-corrected chi connectivity index (χ4v) is 2.38. The van der Waals surface area contributed by atoms with Crippen LogP contribution in [0.25, 0.3) is 0 Å². The largest absolute Gasteiger partial charge is 0.496 e. The van der Waals surface area contributed by atoms with Crippen molar-refractivity contribution in [3.8, 4) is 11.5 Å². The summed E-state index contributed by atoms with van der Waals surface area (Å²) in [6.07, 6.45) is 0.420. The predicted octanol–water partition coefficient (Wildman–Crippen LogP) is 1.33. The molecule has 98 valence electrons. The lowest BCUT2D eigenvalue weighted by Gasteiger charge is -2.33. The summed E-state index contributed by atoms with van der Waals surface area (Å²) in [4.78, 5) is 13.6. The van der Waals surface area contributed by atoms with Crippen molar-refractivity contribution in [1.82, 2.24) is 5.32 Å². The summed E-state index contributed by atoms with van der Waals surface area (Å²) in [6.45, 7) is 0. The summed E-state index contributed by atoms with van der Waals surface area (Å²) in [5.74, 6) is 1.51. The Morgan fingerprint density at radius 3 is 2.44 bits per heavy atom. The molecule has 2 rings (SSSR count). The average molecular weight is 250 g/mol. The molecule has 1 atom stereocenters. The predicted molar refractivity (Wildman–Crippen MR) is 69.4 cm³/mol. The lowest BCUT2D eigenvalue weighted by molar-refractivity contribution is -0.119. The van der Waals surface area contributed by atoms with Crippen molar-refractivity contribution in [3.63, 3.8) is 0 Å². The molecule has 1 N–H and O–H groups in total. The maximum Gasteiger partial charge on any atom is 0.228 e. The lowest BCUT2D eigenvalue weighted by Crippen LogP contribution is -2.37. The van der Waals surface area contributed by atoms with E-state index in [9.17, 15) is 4.79 Å². The van der Waals surface area contributed by atoms with Gasteiger partial charge in [-0.15, -0.1) is 0 Å². The Kier molecular flexibility index (Phi) is 3.43. The zero-order valence-corrected chi connectivity index (χ0v) is 11.1. The molecule has 1 unspecified atom stereocenters. The van der Waals surface area contributed by atoms with Gasteiger partial charge in [-0.25, -0.2) is 0 Å². The molecule has 0 fully saturated rings. The van der Waals surface area contributed by atoms with Crippen molar-refractivity contribution in [2.45, 2.75) is 12.5 Å². The maximum absolute atomic E-state index is 12.0. The normalized spacial score (nSPS) is 18.6. The third-order valence-corrected chi connectivity index (χ3v) is 3.37. The number of fused-ring (bicyclic) bond motifs is 1. The van der Waals surface area contributed by atoms with E-state index in [0.717, 1.165) is 17.0 Å². The van der Waals surface area contributed by atoms with Gasteiger partial charge in [-0.3, -0.25) is 4.79 Å². The number of benzene rings is 1. The molecule has 18 heavy (non-hydrogen) atoms. The summed E-state index contributed by atoms with van der Waals surface area (Å²) in [6, 6.07) is 3.64. The van der Waals surface area contributed by atoms with Gasteiger partial charge >= 0.3 is 0 Å². The number of ether oxygens (including phenoxy) is 2. The van der Waals surface area contributed by atoms with E-state index < -0.39 is 0 Å². The Hall–Kier alpha value is -1.75. The number of carbonyl (C=O) groups excluding carboxylic acids is 1. The molecule has 0 saturated carbocycles. The summed E-state index contributed by atoms with van der Waals surface area (Å²) in [7, 11) is 6.83. The van der Waals surface area contributed by atoms with Crippen LogP contribution in [0.5, 0.6) is 11.5 Å². The Balaban J connectivity index is 2.68. The highest BCUT2D eigenvalue weighted by molar-refractivity contribution is 5.99. The van der Waals surface area contributed by atoms with Crippen LogP contribution in [0, 0.1) is 0 Å². The average Bonchev–Trinajstić information content (AvgIpc) is 2.41. The third-order valence-electron chi connectivity index (χ3n) is 3.37. The second-order valence-electron chi connectivity index (χ2n) is 4.23. The fraction of sp³-hybridized carbons (Fsp3) is 0.462. The zero-order valence-electron chi connectivity index (χ0n) is 11.1. The van der Waals surface area contributed by atoms with E-state index in [2.05, 4.69) is 5.32 Å². The second-order valence-corrected chi connectivity index (χ2v) is 4.23. The van der Waals surface area contributed by atoms with E-state index in [1.54, 1.807) is 26.2 Å². The van der Waals surface area contributed by atoms with Crippen LogP contribution in [0.2, 0.25) is 0 Å². The van der Waals surface area contributed by atoms with Crippen molar-refractivity contribution in [3.05, 3.63) is 17.7 Å². The first-order chi connectivity index (χ1) is 8.63. The summed E-state index contributed by atoms with van der Waals surface area (Å²) in [5.41, 5.74) is 1.76. The molecule has 0 spiro atoms. The number of rotatable bonds is 3. The molecule has 1 aliphatic heterocycles. The molecular formula is C13H18N2O3. The number of nitrogens with one attached hydrogen (secondary N) is 1. The van der Waals surface area contributed by atoms with Gasteiger partial charge in [-0.1, -0.05) is 0 Å². The van der Waals surface area contributed by atoms with E-state index in [4.69, 9.17) is 9.47 Å². The van der Waals surface area contributed by atoms with Gasteiger partial charge in [0.05, 0.1) is 19.9 Å². The Morgan fingerprint density at radius 1 is 1.28 bits per heavy atom. The first kappa shape index (κ1) is 12.7. The quantitative estimate of drug-likeness (QED) is 0.879. The van der Waals surface area contributed by atoms with E-state index >= 15 is 0 Å². The van der Waals surface area contributed by atoms with Gasteiger partial charge in [-0.2, -0.15) is 0 Å². The highest BCUT2D eigenvalue weighted by Crippen LogP contribution is 2.45. The number of anilines is 1. The van der Waals surface area contributed by atoms with Gasteiger partial charge < -0.3 is 19.7 Å². The van der Waals surface area contributed by atoms with Gasteiger partial charge in [0.2, 0.25) is 5.91 Å². The van der Waals surface area contributed by atoms with E-state index in [1.165, 1.54) is 0 Å². The van der Waals surface area contributed by atoms with Crippen molar-refractivity contribution in [2.75, 3.05) is 33.2 Å². The number of carbonyl (C=O) groups is 1. The van der Waals surface area contributed by atoms with Crippen LogP contribution in [0.4, 0.5) is 5.69 Å². The van der Waals surface area contributed by atoms with Gasteiger partial charge in [-0.05, 0) is 19.2 Å². The molecule has 0 aliphatic carbocycles. The van der Waals surface area contributed by atoms with E-state index in [1.807, 2.05) is 19.2 Å². The van der Waals surface area contributed by atoms with Gasteiger partial charge in [0.25, 0.3) is 0 Å². The van der Waals surface area contributed by atoms with Crippen LogP contribution >= 0.6 is 0 Å². The van der Waals surface area contributed by atoms with Crippen LogP contribution in [-0.2, 0) is 4.79 Å². The van der Waals surface area contributed by atoms with Gasteiger partial charge in [0, 0.05) is 25.1 Å². The number of hydrogen-bond donors (Lipinski definition) is 1. The number of hydrogen-bond acceptors (Lipinski definition) is 4. The summed E-state index contributed by atoms with van der Waals surface area (Å²) < 4.78 is 10.7. The Labute approximate surface area is 107 Å². The topological polar surface area (TPSA) is 50.8 Å². The fourth-order valence-electron chi connectivity index (χ4n) is 2.38. The molecule has 0 bridgehead atoms. The summed E-state index contributed by atoms with van der Waals surface area (Å²) >= 11 is 0. The minimum absolute atomic E-state index is 0.0475. The molecule has 1 aromatic carbocycles. The van der Waals surface area contributed by atoms with Crippen LogP contribution in [-0.4, -0.2) is 34.2 Å². The zero-order chi connectivity index (χ0) is 13.3. The van der Waals surface area contributed by atoms with Gasteiger partial charge in [0.1, 0.15) is 11.5 Å². The molecule has 0 aromatic heterocycles. The van der Waals surface area contributed by atoms with Gasteiger partial charge in [0.15, 0.2) is 0 Å². The first-order valence-corrected chi connectivity index (χ1v) is 5.82. The molecule has 5 heteroatoms. The molecule has 1 aromatic rings. The Morgan fingerprint density at radius 2 is 1.89 bits per heavy atom. The minimum Gasteiger partial charge on any atom is -0.496 e.